The van der Waals surface area contributed by atoms with Crippen molar-refractivity contribution in [2.75, 3.05) is 26.2 Å². The first-order chi connectivity index (χ1) is 8.74. The maximum absolute atomic E-state index is 12.0. The number of rotatable bonds is 5. The lowest BCUT2D eigenvalue weighted by molar-refractivity contribution is 0.0907. The first kappa shape index (κ1) is 13.2. The summed E-state index contributed by atoms with van der Waals surface area (Å²) in [5, 5.41) is 2.84. The Hall–Kier alpha value is -1.26. The van der Waals surface area contributed by atoms with Crippen LogP contribution in [0.25, 0.3) is 0 Å². The minimum atomic E-state index is -0.173. The molecule has 1 N–H and O–H groups in total. The van der Waals surface area contributed by atoms with Crippen molar-refractivity contribution in [3.63, 3.8) is 0 Å². The quantitative estimate of drug-likeness (QED) is 0.826. The summed E-state index contributed by atoms with van der Waals surface area (Å²) in [5.74, 6) is 1.07. The van der Waals surface area contributed by atoms with Crippen molar-refractivity contribution in [1.82, 2.24) is 5.32 Å². The predicted molar refractivity (Wildman–Crippen MR) is 69.5 cm³/mol. The average molecular weight is 270 g/mol. The molecule has 0 aliphatic carbocycles. The van der Waals surface area contributed by atoms with Crippen LogP contribution < -0.4 is 10.1 Å². The van der Waals surface area contributed by atoms with Gasteiger partial charge in [-0.05, 0) is 23.8 Å². The summed E-state index contributed by atoms with van der Waals surface area (Å²) in [4.78, 5) is 12.0. The van der Waals surface area contributed by atoms with Gasteiger partial charge < -0.3 is 14.8 Å². The van der Waals surface area contributed by atoms with E-state index >= 15 is 0 Å². The van der Waals surface area contributed by atoms with Gasteiger partial charge in [0.1, 0.15) is 5.75 Å². The molecule has 0 radical (unpaired) electrons. The SMILES string of the molecule is COCC(CCl)NC(=O)c1ccc2c(c1)CCO2. The molecule has 5 heteroatoms. The number of hydrogen-bond acceptors (Lipinski definition) is 3. The fraction of sp³-hybridized carbons (Fsp3) is 0.462. The summed E-state index contributed by atoms with van der Waals surface area (Å²) in [6, 6.07) is 5.30. The number of ether oxygens (including phenoxy) is 2. The van der Waals surface area contributed by atoms with Gasteiger partial charge in [0.15, 0.2) is 0 Å². The molecule has 1 aromatic carbocycles. The van der Waals surface area contributed by atoms with Crippen LogP contribution in [0.1, 0.15) is 15.9 Å². The Labute approximate surface area is 111 Å². The Balaban J connectivity index is 2.04. The number of fused-ring (bicyclic) bond motifs is 1. The highest BCUT2D eigenvalue weighted by molar-refractivity contribution is 6.18. The lowest BCUT2D eigenvalue weighted by atomic mass is 10.1. The lowest BCUT2D eigenvalue weighted by Crippen LogP contribution is -2.39. The number of nitrogens with one attached hydrogen (secondary N) is 1. The standard InChI is InChI=1S/C13H16ClNO3/c1-17-8-11(7-14)15-13(16)10-2-3-12-9(6-10)4-5-18-12/h2-3,6,11H,4-5,7-8H2,1H3,(H,15,16). The van der Waals surface area contributed by atoms with Crippen molar-refractivity contribution < 1.29 is 14.3 Å². The highest BCUT2D eigenvalue weighted by Crippen LogP contribution is 2.25. The molecule has 1 aliphatic rings. The molecule has 1 aromatic rings. The largest absolute Gasteiger partial charge is 0.493 e. The van der Waals surface area contributed by atoms with E-state index in [0.717, 1.165) is 17.7 Å². The summed E-state index contributed by atoms with van der Waals surface area (Å²) >= 11 is 5.76. The van der Waals surface area contributed by atoms with Gasteiger partial charge in [-0.2, -0.15) is 0 Å². The average Bonchev–Trinajstić information content (AvgIpc) is 2.85. The first-order valence-electron chi connectivity index (χ1n) is 5.86. The Bertz CT molecular complexity index is 436. The monoisotopic (exact) mass is 269 g/mol. The maximum Gasteiger partial charge on any atom is 0.251 e. The number of carbonyl (C=O) groups is 1. The van der Waals surface area contributed by atoms with Gasteiger partial charge in [0.2, 0.25) is 0 Å². The zero-order valence-electron chi connectivity index (χ0n) is 10.2. The van der Waals surface area contributed by atoms with Crippen LogP contribution in [-0.4, -0.2) is 38.2 Å². The molecule has 4 nitrogen and oxygen atoms in total. The van der Waals surface area contributed by atoms with Crippen LogP contribution >= 0.6 is 11.6 Å². The van der Waals surface area contributed by atoms with E-state index in [-0.39, 0.29) is 11.9 Å². The van der Waals surface area contributed by atoms with Crippen LogP contribution in [0.3, 0.4) is 0 Å². The van der Waals surface area contributed by atoms with E-state index in [4.69, 9.17) is 21.1 Å². The smallest absolute Gasteiger partial charge is 0.251 e. The summed E-state index contributed by atoms with van der Waals surface area (Å²) in [5.41, 5.74) is 1.71. The first-order valence-corrected chi connectivity index (χ1v) is 6.39. The van der Waals surface area contributed by atoms with Crippen molar-refractivity contribution in [3.8, 4) is 5.75 Å². The number of halogens is 1. The van der Waals surface area contributed by atoms with Gasteiger partial charge in [0.05, 0.1) is 19.3 Å². The third-order valence-electron chi connectivity index (χ3n) is 2.84. The highest BCUT2D eigenvalue weighted by atomic mass is 35.5. The molecule has 0 aromatic heterocycles. The van der Waals surface area contributed by atoms with Gasteiger partial charge in [0, 0.05) is 25.0 Å². The van der Waals surface area contributed by atoms with Gasteiger partial charge in [-0.15, -0.1) is 11.6 Å². The zero-order chi connectivity index (χ0) is 13.0. The van der Waals surface area contributed by atoms with E-state index in [9.17, 15) is 4.79 Å². The van der Waals surface area contributed by atoms with Crippen molar-refractivity contribution in [3.05, 3.63) is 29.3 Å². The van der Waals surface area contributed by atoms with Crippen LogP contribution in [-0.2, 0) is 11.2 Å². The molecule has 1 atom stereocenters. The number of amides is 1. The molecule has 98 valence electrons. The fourth-order valence-electron chi connectivity index (χ4n) is 1.92. The maximum atomic E-state index is 12.0. The summed E-state index contributed by atoms with van der Waals surface area (Å²) in [7, 11) is 1.58. The van der Waals surface area contributed by atoms with E-state index in [1.54, 1.807) is 13.2 Å². The fourth-order valence-corrected chi connectivity index (χ4v) is 2.09. The molecule has 0 saturated carbocycles. The molecular formula is C13H16ClNO3. The number of methoxy groups -OCH3 is 1. The zero-order valence-corrected chi connectivity index (χ0v) is 11.0. The second kappa shape index (κ2) is 6.07. The third-order valence-corrected chi connectivity index (χ3v) is 3.21. The second-order valence-corrected chi connectivity index (χ2v) is 4.51. The van der Waals surface area contributed by atoms with Gasteiger partial charge in [-0.3, -0.25) is 4.79 Å². The topological polar surface area (TPSA) is 47.6 Å². The molecule has 1 aliphatic heterocycles. The minimum Gasteiger partial charge on any atom is -0.493 e. The Morgan fingerprint density at radius 1 is 1.61 bits per heavy atom. The van der Waals surface area contributed by atoms with E-state index in [1.165, 1.54) is 0 Å². The van der Waals surface area contributed by atoms with Crippen molar-refractivity contribution >= 4 is 17.5 Å². The van der Waals surface area contributed by atoms with Gasteiger partial charge in [0.25, 0.3) is 5.91 Å². The molecule has 0 spiro atoms. The van der Waals surface area contributed by atoms with Crippen molar-refractivity contribution in [2.24, 2.45) is 0 Å². The van der Waals surface area contributed by atoms with Crippen molar-refractivity contribution in [1.29, 1.82) is 0 Å². The van der Waals surface area contributed by atoms with E-state index in [1.807, 2.05) is 12.1 Å². The Kier molecular flexibility index (Phi) is 4.44. The normalized spacial score (nSPS) is 14.8. The summed E-state index contributed by atoms with van der Waals surface area (Å²) < 4.78 is 10.4. The van der Waals surface area contributed by atoms with E-state index < -0.39 is 0 Å². The molecule has 0 bridgehead atoms. The number of hydrogen-bond donors (Lipinski definition) is 1. The molecule has 1 heterocycles. The van der Waals surface area contributed by atoms with Gasteiger partial charge >= 0.3 is 0 Å². The lowest BCUT2D eigenvalue weighted by Gasteiger charge is -2.15. The second-order valence-electron chi connectivity index (χ2n) is 4.20. The highest BCUT2D eigenvalue weighted by Gasteiger charge is 2.17. The van der Waals surface area contributed by atoms with Crippen LogP contribution in [0.5, 0.6) is 5.75 Å². The molecule has 1 unspecified atom stereocenters. The van der Waals surface area contributed by atoms with Gasteiger partial charge in [-0.1, -0.05) is 0 Å². The van der Waals surface area contributed by atoms with Crippen LogP contribution in [0.4, 0.5) is 0 Å². The molecule has 0 saturated heterocycles. The number of carbonyl (C=O) groups excluding carboxylic acids is 1. The summed E-state index contributed by atoms with van der Waals surface area (Å²) in [6.45, 7) is 1.09. The molecule has 18 heavy (non-hydrogen) atoms. The third kappa shape index (κ3) is 2.94. The molecule has 0 fully saturated rings. The number of benzene rings is 1. The molecule has 2 rings (SSSR count). The molecule has 1 amide bonds. The van der Waals surface area contributed by atoms with E-state index in [2.05, 4.69) is 5.32 Å². The Morgan fingerprint density at radius 2 is 2.44 bits per heavy atom. The predicted octanol–water partition coefficient (Wildman–Crippen LogP) is 1.61. The van der Waals surface area contributed by atoms with Crippen LogP contribution in [0, 0.1) is 0 Å². The minimum absolute atomic E-state index is 0.132. The number of alkyl halides is 1. The van der Waals surface area contributed by atoms with Crippen molar-refractivity contribution in [2.45, 2.75) is 12.5 Å². The van der Waals surface area contributed by atoms with Crippen LogP contribution in [0.2, 0.25) is 0 Å². The molecular weight excluding hydrogens is 254 g/mol. The summed E-state index contributed by atoms with van der Waals surface area (Å²) in [6.07, 6.45) is 0.855. The van der Waals surface area contributed by atoms with E-state index in [0.29, 0.717) is 24.7 Å². The van der Waals surface area contributed by atoms with Gasteiger partial charge in [-0.25, -0.2) is 0 Å². The Morgan fingerprint density at radius 3 is 3.17 bits per heavy atom. The van der Waals surface area contributed by atoms with Crippen LogP contribution in [0.15, 0.2) is 18.2 Å².